The summed E-state index contributed by atoms with van der Waals surface area (Å²) in [7, 11) is 0. The molecule has 2 amide bonds. The van der Waals surface area contributed by atoms with Gasteiger partial charge in [-0.3, -0.25) is 9.59 Å². The van der Waals surface area contributed by atoms with Crippen LogP contribution in [0.15, 0.2) is 81.7 Å². The number of nitrogens with zero attached hydrogens (tertiary/aromatic N) is 1. The van der Waals surface area contributed by atoms with Gasteiger partial charge in [0.05, 0.1) is 4.47 Å². The molecule has 0 aliphatic rings. The van der Waals surface area contributed by atoms with Gasteiger partial charge in [0.15, 0.2) is 6.61 Å². The van der Waals surface area contributed by atoms with Crippen LogP contribution in [0.25, 0.3) is 0 Å². The Morgan fingerprint density at radius 1 is 0.919 bits per heavy atom. The average Bonchev–Trinajstić information content (AvgIpc) is 2.90. The van der Waals surface area contributed by atoms with Crippen LogP contribution < -0.4 is 10.1 Å². The van der Waals surface area contributed by atoms with Crippen LogP contribution in [-0.2, 0) is 29.0 Å². The van der Waals surface area contributed by atoms with Crippen molar-refractivity contribution in [2.75, 3.05) is 13.2 Å². The lowest BCUT2D eigenvalue weighted by Gasteiger charge is -2.31. The number of carbonyl (C=O) groups excluding carboxylic acids is 2. The number of rotatable bonds is 13. The molecule has 0 spiro atoms. The van der Waals surface area contributed by atoms with Crippen LogP contribution in [0.4, 0.5) is 0 Å². The summed E-state index contributed by atoms with van der Waals surface area (Å²) in [5.41, 5.74) is 3.09. The van der Waals surface area contributed by atoms with Gasteiger partial charge in [0.2, 0.25) is 5.91 Å². The van der Waals surface area contributed by atoms with Gasteiger partial charge in [0.25, 0.3) is 5.91 Å². The molecule has 0 fully saturated rings. The molecule has 5 nitrogen and oxygen atoms in total. The number of amides is 2. The Balaban J connectivity index is 1.89. The van der Waals surface area contributed by atoms with Crippen molar-refractivity contribution >= 4 is 43.7 Å². The molecule has 0 aromatic heterocycles. The monoisotopic (exact) mass is 628 g/mol. The van der Waals surface area contributed by atoms with E-state index in [1.807, 2.05) is 72.8 Å². The number of benzene rings is 3. The Bertz CT molecular complexity index is 1170. The van der Waals surface area contributed by atoms with Gasteiger partial charge in [0, 0.05) is 24.0 Å². The molecular formula is C30H34Br2N2O3. The third-order valence-electron chi connectivity index (χ3n) is 6.10. The van der Waals surface area contributed by atoms with Crippen LogP contribution in [0.5, 0.6) is 5.75 Å². The van der Waals surface area contributed by atoms with Crippen molar-refractivity contribution < 1.29 is 14.3 Å². The van der Waals surface area contributed by atoms with Crippen LogP contribution in [0.3, 0.4) is 0 Å². The van der Waals surface area contributed by atoms with Crippen LogP contribution in [0.1, 0.15) is 43.4 Å². The molecule has 0 unspecified atom stereocenters. The molecule has 0 radical (unpaired) electrons. The Kier molecular flexibility index (Phi) is 11.7. The molecule has 37 heavy (non-hydrogen) atoms. The van der Waals surface area contributed by atoms with Gasteiger partial charge in [-0.15, -0.1) is 0 Å². The van der Waals surface area contributed by atoms with E-state index in [-0.39, 0.29) is 25.0 Å². The van der Waals surface area contributed by atoms with Crippen LogP contribution in [0.2, 0.25) is 0 Å². The van der Waals surface area contributed by atoms with Crippen molar-refractivity contribution in [2.24, 2.45) is 0 Å². The summed E-state index contributed by atoms with van der Waals surface area (Å²) in [5, 5.41) is 3.04. The maximum absolute atomic E-state index is 13.7. The number of ether oxygens (including phenoxy) is 1. The predicted molar refractivity (Wildman–Crippen MR) is 156 cm³/mol. The Morgan fingerprint density at radius 3 is 2.35 bits per heavy atom. The molecule has 196 valence electrons. The highest BCUT2D eigenvalue weighted by molar-refractivity contribution is 9.10. The highest BCUT2D eigenvalue weighted by Gasteiger charge is 2.30. The standard InChI is InChI=1S/C30H34Br2N2O3/c1-3-5-16-33-30(36)27(19-23-10-7-6-8-11-23)34(20-24-12-9-13-25(31)17-24)29(35)21-37-28-15-14-22(4-2)18-26(28)32/h6-15,17-18,27H,3-5,16,19-21H2,1-2H3,(H,33,36)/t27-/m0/s1. The van der Waals surface area contributed by atoms with Crippen LogP contribution in [-0.4, -0.2) is 35.9 Å². The number of aryl methyl sites for hydroxylation is 1. The summed E-state index contributed by atoms with van der Waals surface area (Å²) in [6.45, 7) is 4.86. The largest absolute Gasteiger partial charge is 0.483 e. The van der Waals surface area contributed by atoms with Gasteiger partial charge in [-0.25, -0.2) is 0 Å². The van der Waals surface area contributed by atoms with Crippen LogP contribution in [0, 0.1) is 0 Å². The Hall–Kier alpha value is -2.64. The van der Waals surface area contributed by atoms with Crippen molar-refractivity contribution in [1.82, 2.24) is 10.2 Å². The summed E-state index contributed by atoms with van der Waals surface area (Å²) >= 11 is 7.07. The van der Waals surface area contributed by atoms with E-state index in [1.54, 1.807) is 4.90 Å². The summed E-state index contributed by atoms with van der Waals surface area (Å²) in [4.78, 5) is 28.8. The molecule has 1 atom stereocenters. The van der Waals surface area contributed by atoms with Crippen LogP contribution >= 0.6 is 31.9 Å². The van der Waals surface area contributed by atoms with Gasteiger partial charge in [-0.05, 0) is 69.7 Å². The van der Waals surface area contributed by atoms with Gasteiger partial charge in [-0.2, -0.15) is 0 Å². The fraction of sp³-hybridized carbons (Fsp3) is 0.333. The molecular weight excluding hydrogens is 596 g/mol. The van der Waals surface area contributed by atoms with Gasteiger partial charge < -0.3 is 15.0 Å². The van der Waals surface area contributed by atoms with Gasteiger partial charge in [0.1, 0.15) is 11.8 Å². The molecule has 0 aliphatic carbocycles. The lowest BCUT2D eigenvalue weighted by atomic mass is 10.0. The Morgan fingerprint density at radius 2 is 1.68 bits per heavy atom. The van der Waals surface area contributed by atoms with E-state index in [1.165, 1.54) is 5.56 Å². The van der Waals surface area contributed by atoms with Crippen molar-refractivity contribution in [3.8, 4) is 5.75 Å². The van der Waals surface area contributed by atoms with Crippen molar-refractivity contribution in [3.05, 3.63) is 98.4 Å². The first kappa shape index (κ1) is 28.9. The zero-order valence-electron chi connectivity index (χ0n) is 21.4. The third kappa shape index (κ3) is 9.00. The Labute approximate surface area is 236 Å². The number of halogens is 2. The quantitative estimate of drug-likeness (QED) is 0.214. The predicted octanol–water partition coefficient (Wildman–Crippen LogP) is 6.71. The zero-order valence-corrected chi connectivity index (χ0v) is 24.6. The normalized spacial score (nSPS) is 11.6. The van der Waals surface area contributed by atoms with E-state index < -0.39 is 6.04 Å². The maximum Gasteiger partial charge on any atom is 0.261 e. The molecule has 3 aromatic rings. The minimum atomic E-state index is -0.680. The zero-order chi connectivity index (χ0) is 26.6. The number of carbonyl (C=O) groups is 2. The summed E-state index contributed by atoms with van der Waals surface area (Å²) < 4.78 is 7.66. The van der Waals surface area contributed by atoms with Crippen molar-refractivity contribution in [3.63, 3.8) is 0 Å². The van der Waals surface area contributed by atoms with E-state index in [2.05, 4.69) is 51.0 Å². The van der Waals surface area contributed by atoms with E-state index in [0.29, 0.717) is 18.7 Å². The fourth-order valence-electron chi connectivity index (χ4n) is 4.00. The second kappa shape index (κ2) is 14.9. The lowest BCUT2D eigenvalue weighted by molar-refractivity contribution is -0.142. The molecule has 0 saturated heterocycles. The third-order valence-corrected chi connectivity index (χ3v) is 7.21. The van der Waals surface area contributed by atoms with E-state index in [9.17, 15) is 9.59 Å². The van der Waals surface area contributed by atoms with E-state index in [0.717, 1.165) is 39.3 Å². The number of hydrogen-bond donors (Lipinski definition) is 1. The second-order valence-electron chi connectivity index (χ2n) is 8.91. The molecule has 0 heterocycles. The second-order valence-corrected chi connectivity index (χ2v) is 10.7. The van der Waals surface area contributed by atoms with Gasteiger partial charge >= 0.3 is 0 Å². The van der Waals surface area contributed by atoms with E-state index >= 15 is 0 Å². The number of hydrogen-bond acceptors (Lipinski definition) is 3. The lowest BCUT2D eigenvalue weighted by Crippen LogP contribution is -2.51. The van der Waals surface area contributed by atoms with Crippen molar-refractivity contribution in [1.29, 1.82) is 0 Å². The van der Waals surface area contributed by atoms with E-state index in [4.69, 9.17) is 4.74 Å². The summed E-state index contributed by atoms with van der Waals surface area (Å²) in [6, 6.07) is 22.8. The smallest absolute Gasteiger partial charge is 0.261 e. The minimum Gasteiger partial charge on any atom is -0.483 e. The average molecular weight is 630 g/mol. The minimum absolute atomic E-state index is 0.158. The summed E-state index contributed by atoms with van der Waals surface area (Å²) in [5.74, 6) is 0.187. The van der Waals surface area contributed by atoms with Crippen molar-refractivity contribution in [2.45, 2.75) is 52.1 Å². The first-order valence-corrected chi connectivity index (χ1v) is 14.3. The SMILES string of the molecule is CCCCNC(=O)[C@H](Cc1ccccc1)N(Cc1cccc(Br)c1)C(=O)COc1ccc(CC)cc1Br. The summed E-state index contributed by atoms with van der Waals surface area (Å²) in [6.07, 6.45) is 3.18. The highest BCUT2D eigenvalue weighted by atomic mass is 79.9. The molecule has 3 aromatic carbocycles. The molecule has 1 N–H and O–H groups in total. The maximum atomic E-state index is 13.7. The highest BCUT2D eigenvalue weighted by Crippen LogP contribution is 2.26. The molecule has 7 heteroatoms. The fourth-order valence-corrected chi connectivity index (χ4v) is 4.98. The first-order chi connectivity index (χ1) is 17.9. The first-order valence-electron chi connectivity index (χ1n) is 12.7. The number of nitrogens with one attached hydrogen (secondary N) is 1. The molecule has 0 aliphatic heterocycles. The molecule has 0 bridgehead atoms. The molecule has 0 saturated carbocycles. The topological polar surface area (TPSA) is 58.6 Å². The molecule has 3 rings (SSSR count). The number of unbranched alkanes of at least 4 members (excludes halogenated alkanes) is 1. The van der Waals surface area contributed by atoms with Gasteiger partial charge in [-0.1, -0.05) is 84.7 Å².